The van der Waals surface area contributed by atoms with Crippen molar-refractivity contribution in [1.29, 1.82) is 0 Å². The van der Waals surface area contributed by atoms with E-state index >= 15 is 0 Å². The number of benzene rings is 2. The molecule has 15 heteroatoms. The van der Waals surface area contributed by atoms with Crippen molar-refractivity contribution in [3.63, 3.8) is 0 Å². The highest BCUT2D eigenvalue weighted by Gasteiger charge is 2.34. The third-order valence-electron chi connectivity index (χ3n) is 7.22. The summed E-state index contributed by atoms with van der Waals surface area (Å²) in [6, 6.07) is 4.58. The summed E-state index contributed by atoms with van der Waals surface area (Å²) in [7, 11) is 0. The molecule has 2 aliphatic rings. The highest BCUT2D eigenvalue weighted by molar-refractivity contribution is 6.40. The molecule has 0 unspecified atom stereocenters. The number of β-amino-alcohol motifs (C(OH)–C–C–N with tert-alkyl or cyclic N) is 2. The third kappa shape index (κ3) is 5.79. The molecule has 0 bridgehead atoms. The Labute approximate surface area is 243 Å². The lowest BCUT2D eigenvalue weighted by Gasteiger charge is -2.30. The van der Waals surface area contributed by atoms with E-state index in [1.165, 1.54) is 6.07 Å². The molecule has 41 heavy (non-hydrogen) atoms. The van der Waals surface area contributed by atoms with Gasteiger partial charge in [0.15, 0.2) is 0 Å². The number of hydrogen-bond acceptors (Lipinski definition) is 7. The maximum Gasteiger partial charge on any atom is 0.328 e. The van der Waals surface area contributed by atoms with E-state index in [9.17, 15) is 34.5 Å². The summed E-state index contributed by atoms with van der Waals surface area (Å²) in [5.74, 6) is -2.44. The number of carboxylic acids is 1. The maximum atomic E-state index is 13.2. The van der Waals surface area contributed by atoms with E-state index in [0.29, 0.717) is 29.7 Å². The summed E-state index contributed by atoms with van der Waals surface area (Å²) >= 11 is 13.0. The Morgan fingerprint density at radius 3 is 2.54 bits per heavy atom. The molecule has 0 spiro atoms. The number of aliphatic hydroxyl groups is 2. The monoisotopic (exact) mass is 604 g/mol. The number of amides is 4. The van der Waals surface area contributed by atoms with E-state index in [-0.39, 0.29) is 41.2 Å². The maximum absolute atomic E-state index is 13.2. The number of halogens is 2. The first-order valence-electron chi connectivity index (χ1n) is 12.7. The van der Waals surface area contributed by atoms with E-state index in [4.69, 9.17) is 23.2 Å². The quantitative estimate of drug-likeness (QED) is 0.240. The molecule has 216 valence electrons. The molecule has 1 aromatic heterocycles. The van der Waals surface area contributed by atoms with Crippen LogP contribution in [-0.2, 0) is 17.8 Å². The lowest BCUT2D eigenvalue weighted by Crippen LogP contribution is -2.51. The van der Waals surface area contributed by atoms with Crippen LogP contribution >= 0.6 is 23.2 Å². The average molecular weight is 605 g/mol. The predicted octanol–water partition coefficient (Wildman–Crippen LogP) is 0.998. The Morgan fingerprint density at radius 1 is 1.10 bits per heavy atom. The SMILES string of the molecule is O=C(N[C@@H](CNC(=O)N1C[C@@H](O)[C@H](O)C1)C(=O)O)c1c(Cl)cc2c(c1Cl)CCN(C(=O)c1ccc3cn[nH]c3c1)C2. The fourth-order valence-corrected chi connectivity index (χ4v) is 5.72. The van der Waals surface area contributed by atoms with Gasteiger partial charge in [-0.15, -0.1) is 0 Å². The van der Waals surface area contributed by atoms with Crippen molar-refractivity contribution in [2.75, 3.05) is 26.2 Å². The number of aromatic amines is 1. The van der Waals surface area contributed by atoms with E-state index in [0.717, 1.165) is 15.8 Å². The molecule has 3 atom stereocenters. The number of nitrogens with one attached hydrogen (secondary N) is 3. The van der Waals surface area contributed by atoms with Gasteiger partial charge in [0, 0.05) is 24.0 Å². The van der Waals surface area contributed by atoms with Gasteiger partial charge in [-0.25, -0.2) is 9.59 Å². The van der Waals surface area contributed by atoms with Gasteiger partial charge < -0.3 is 35.8 Å². The lowest BCUT2D eigenvalue weighted by molar-refractivity contribution is -0.139. The zero-order valence-corrected chi connectivity index (χ0v) is 22.9. The summed E-state index contributed by atoms with van der Waals surface area (Å²) in [5.41, 5.74) is 2.40. The summed E-state index contributed by atoms with van der Waals surface area (Å²) in [5, 5.41) is 41.3. The minimum Gasteiger partial charge on any atom is -0.480 e. The van der Waals surface area contributed by atoms with Crippen LogP contribution in [0.4, 0.5) is 4.79 Å². The van der Waals surface area contributed by atoms with Crippen LogP contribution < -0.4 is 10.6 Å². The molecule has 2 aliphatic heterocycles. The zero-order valence-electron chi connectivity index (χ0n) is 21.4. The van der Waals surface area contributed by atoms with E-state index < -0.39 is 42.7 Å². The number of likely N-dealkylation sites (tertiary alicyclic amines) is 1. The third-order valence-corrected chi connectivity index (χ3v) is 7.93. The van der Waals surface area contributed by atoms with Gasteiger partial charge >= 0.3 is 12.0 Å². The number of nitrogens with zero attached hydrogens (tertiary/aromatic N) is 3. The van der Waals surface area contributed by atoms with Gasteiger partial charge in [0.05, 0.1) is 59.2 Å². The molecule has 0 saturated carbocycles. The number of carbonyl (C=O) groups is 4. The van der Waals surface area contributed by atoms with Crippen LogP contribution in [0.25, 0.3) is 10.9 Å². The average Bonchev–Trinajstić information content (AvgIpc) is 3.55. The largest absolute Gasteiger partial charge is 0.480 e. The van der Waals surface area contributed by atoms with Gasteiger partial charge in [-0.05, 0) is 35.7 Å². The number of carbonyl (C=O) groups excluding carboxylic acids is 3. The smallest absolute Gasteiger partial charge is 0.328 e. The fourth-order valence-electron chi connectivity index (χ4n) is 4.95. The van der Waals surface area contributed by atoms with Crippen LogP contribution in [0.3, 0.4) is 0 Å². The van der Waals surface area contributed by atoms with Crippen molar-refractivity contribution in [1.82, 2.24) is 30.6 Å². The Balaban J connectivity index is 1.27. The normalized spacial score (nSPS) is 19.1. The minimum atomic E-state index is -1.52. The molecular weight excluding hydrogens is 579 g/mol. The Morgan fingerprint density at radius 2 is 1.83 bits per heavy atom. The van der Waals surface area contributed by atoms with Gasteiger partial charge in [-0.1, -0.05) is 29.3 Å². The topological polar surface area (TPSA) is 188 Å². The molecule has 1 fully saturated rings. The van der Waals surface area contributed by atoms with Crippen molar-refractivity contribution in [2.45, 2.75) is 31.2 Å². The van der Waals surface area contributed by atoms with Gasteiger partial charge in [-0.3, -0.25) is 14.7 Å². The van der Waals surface area contributed by atoms with Crippen LogP contribution in [0.2, 0.25) is 10.0 Å². The molecule has 13 nitrogen and oxygen atoms in total. The molecule has 0 aliphatic carbocycles. The summed E-state index contributed by atoms with van der Waals surface area (Å²) < 4.78 is 0. The minimum absolute atomic E-state index is 0.0207. The first-order valence-corrected chi connectivity index (χ1v) is 13.4. The van der Waals surface area contributed by atoms with Gasteiger partial charge in [0.2, 0.25) is 0 Å². The number of aromatic nitrogens is 2. The van der Waals surface area contributed by atoms with Crippen molar-refractivity contribution >= 4 is 57.9 Å². The number of hydrogen-bond donors (Lipinski definition) is 6. The Kier molecular flexibility index (Phi) is 8.04. The number of aliphatic hydroxyl groups excluding tert-OH is 2. The van der Waals surface area contributed by atoms with E-state index in [1.807, 2.05) is 0 Å². The summed E-state index contributed by atoms with van der Waals surface area (Å²) in [6.07, 6.45) is -0.184. The second-order valence-electron chi connectivity index (χ2n) is 9.92. The molecule has 4 amide bonds. The second-order valence-corrected chi connectivity index (χ2v) is 10.7. The molecule has 3 aromatic rings. The van der Waals surface area contributed by atoms with Gasteiger partial charge in [0.25, 0.3) is 11.8 Å². The van der Waals surface area contributed by atoms with E-state index in [2.05, 4.69) is 20.8 Å². The number of H-pyrrole nitrogens is 1. The summed E-state index contributed by atoms with van der Waals surface area (Å²) in [6.45, 7) is -0.150. The van der Waals surface area contributed by atoms with Crippen molar-refractivity contribution < 1.29 is 34.5 Å². The Hall–Kier alpha value is -3.91. The molecular formula is C26H26Cl2N6O7. The van der Waals surface area contributed by atoms with Crippen molar-refractivity contribution in [3.8, 4) is 0 Å². The first-order chi connectivity index (χ1) is 19.5. The van der Waals surface area contributed by atoms with Crippen molar-refractivity contribution in [3.05, 3.63) is 62.8 Å². The molecule has 3 heterocycles. The predicted molar refractivity (Wildman–Crippen MR) is 147 cm³/mol. The standard InChI is InChI=1S/C26H26Cl2N6O7/c27-16-5-14-9-33(24(38)12-1-2-13-7-30-32-17(13)6-12)4-3-15(14)22(28)21(16)23(37)31-18(25(39)40)8-29-26(41)34-10-19(35)20(36)11-34/h1-2,5-7,18-20,35-36H,3-4,8-11H2,(H,29,41)(H,30,32)(H,31,37)(H,39,40)/t18-,19+,20+/m0/s1. The number of fused-ring (bicyclic) bond motifs is 2. The molecule has 5 rings (SSSR count). The number of urea groups is 1. The van der Waals surface area contributed by atoms with Crippen LogP contribution in [-0.4, -0.2) is 104 Å². The first kappa shape index (κ1) is 28.6. The summed E-state index contributed by atoms with van der Waals surface area (Å²) in [4.78, 5) is 53.2. The zero-order chi connectivity index (χ0) is 29.4. The van der Waals surface area contributed by atoms with Gasteiger partial charge in [-0.2, -0.15) is 5.10 Å². The number of aliphatic carboxylic acids is 1. The van der Waals surface area contributed by atoms with E-state index in [1.54, 1.807) is 29.3 Å². The highest BCUT2D eigenvalue weighted by Crippen LogP contribution is 2.35. The number of rotatable bonds is 6. The highest BCUT2D eigenvalue weighted by atomic mass is 35.5. The number of carboxylic acid groups (broad SMARTS) is 1. The van der Waals surface area contributed by atoms with Crippen LogP contribution in [0.1, 0.15) is 31.8 Å². The Bertz CT molecular complexity index is 1540. The molecule has 6 N–H and O–H groups in total. The molecule has 0 radical (unpaired) electrons. The molecule has 1 saturated heterocycles. The molecule has 2 aromatic carbocycles. The van der Waals surface area contributed by atoms with Crippen LogP contribution in [0, 0.1) is 0 Å². The lowest BCUT2D eigenvalue weighted by atomic mass is 9.96. The van der Waals surface area contributed by atoms with Crippen LogP contribution in [0.5, 0.6) is 0 Å². The second kappa shape index (κ2) is 11.5. The fraction of sp³-hybridized carbons (Fsp3) is 0.346. The van der Waals surface area contributed by atoms with Gasteiger partial charge in [0.1, 0.15) is 6.04 Å². The van der Waals surface area contributed by atoms with Crippen molar-refractivity contribution in [2.24, 2.45) is 0 Å². The van der Waals surface area contributed by atoms with Crippen LogP contribution in [0.15, 0.2) is 30.5 Å².